The molecule has 6 unspecified atom stereocenters. The van der Waals surface area contributed by atoms with Crippen LogP contribution in [0.4, 0.5) is 0 Å². The number of piperidine rings is 1. The van der Waals surface area contributed by atoms with E-state index < -0.39 is 57.7 Å². The molecule has 0 aromatic rings. The highest BCUT2D eigenvalue weighted by atomic mass is 32.2. The number of ketones is 1. The van der Waals surface area contributed by atoms with E-state index in [-0.39, 0.29) is 47.8 Å². The van der Waals surface area contributed by atoms with Gasteiger partial charge in [-0.3, -0.25) is 24.0 Å². The summed E-state index contributed by atoms with van der Waals surface area (Å²) in [5.74, 6) is -3.70. The number of carbonyl (C=O) groups is 5. The van der Waals surface area contributed by atoms with Gasteiger partial charge in [0.1, 0.15) is 18.1 Å². The molecule has 1 heterocycles. The minimum Gasteiger partial charge on any atom is -0.363 e. The average molecular weight is 612 g/mol. The molecule has 13 heteroatoms. The maximum atomic E-state index is 14.3. The number of Topliss-reactive ketones (excluding diaryl/α,β-unsaturated/α-hetero) is 1. The van der Waals surface area contributed by atoms with Crippen molar-refractivity contribution >= 4 is 39.4 Å². The summed E-state index contributed by atoms with van der Waals surface area (Å²) in [4.78, 5) is 67.1. The zero-order valence-corrected chi connectivity index (χ0v) is 26.6. The first-order valence-corrected chi connectivity index (χ1v) is 17.1. The molecule has 2 saturated carbocycles. The van der Waals surface area contributed by atoms with Crippen LogP contribution >= 0.6 is 0 Å². The molecule has 3 aliphatic rings. The van der Waals surface area contributed by atoms with Gasteiger partial charge in [-0.15, -0.1) is 0 Å². The van der Waals surface area contributed by atoms with Crippen molar-refractivity contribution in [2.24, 2.45) is 34.8 Å². The van der Waals surface area contributed by atoms with Crippen molar-refractivity contribution in [1.82, 2.24) is 20.3 Å². The highest BCUT2D eigenvalue weighted by Crippen LogP contribution is 2.65. The molecule has 1 saturated heterocycles. The van der Waals surface area contributed by atoms with Crippen molar-refractivity contribution in [3.05, 3.63) is 0 Å². The van der Waals surface area contributed by atoms with Crippen molar-refractivity contribution in [2.75, 3.05) is 12.8 Å². The number of nitrogens with two attached hydrogens (primary N) is 1. The van der Waals surface area contributed by atoms with Crippen LogP contribution in [0.3, 0.4) is 0 Å². The van der Waals surface area contributed by atoms with Crippen LogP contribution in [0, 0.1) is 29.1 Å². The Hall–Kier alpha value is -2.54. The molecule has 0 aromatic carbocycles. The normalized spacial score (nSPS) is 25.7. The molecule has 5 N–H and O–H groups in total. The molecule has 42 heavy (non-hydrogen) atoms. The van der Waals surface area contributed by atoms with Crippen LogP contribution in [0.2, 0.25) is 0 Å². The van der Waals surface area contributed by atoms with E-state index in [1.54, 1.807) is 0 Å². The Balaban J connectivity index is 1.90. The molecular formula is C29H49N5O7S. The van der Waals surface area contributed by atoms with Crippen LogP contribution in [-0.2, 0) is 34.0 Å². The summed E-state index contributed by atoms with van der Waals surface area (Å²) in [5, 5.41) is 5.59. The van der Waals surface area contributed by atoms with Crippen molar-refractivity contribution in [1.29, 1.82) is 0 Å². The van der Waals surface area contributed by atoms with Gasteiger partial charge >= 0.3 is 0 Å². The molecular weight excluding hydrogens is 562 g/mol. The molecule has 0 bridgehead atoms. The average Bonchev–Trinajstić information content (AvgIpc) is 3.22. The predicted octanol–water partition coefficient (Wildman–Crippen LogP) is 0.838. The van der Waals surface area contributed by atoms with E-state index in [1.807, 2.05) is 34.6 Å². The van der Waals surface area contributed by atoms with Crippen molar-refractivity contribution < 1.29 is 32.4 Å². The van der Waals surface area contributed by atoms with E-state index in [4.69, 9.17) is 5.73 Å². The monoisotopic (exact) mass is 611 g/mol. The maximum Gasteiger partial charge on any atom is 0.287 e. The smallest absolute Gasteiger partial charge is 0.287 e. The standard InChI is InChI=1S/C29H49N5O7S/c1-7-11-19(24(35)25(30)36)31-27(38)23-21-18(29(21,4)5)15-34(23)28(39)22(17-12-9-8-10-13-17)32-26(37)20(14-16(2)3)33-42(6,40)41/h16-23,33H,7-15H2,1-6H3,(H2,30,36)(H,31,38)(H,32,37). The summed E-state index contributed by atoms with van der Waals surface area (Å²) in [6, 6.07) is -3.92. The second-order valence-electron chi connectivity index (χ2n) is 13.4. The van der Waals surface area contributed by atoms with E-state index >= 15 is 0 Å². The summed E-state index contributed by atoms with van der Waals surface area (Å²) >= 11 is 0. The largest absolute Gasteiger partial charge is 0.363 e. The summed E-state index contributed by atoms with van der Waals surface area (Å²) < 4.78 is 26.5. The van der Waals surface area contributed by atoms with Gasteiger partial charge in [0, 0.05) is 6.54 Å². The first kappa shape index (κ1) is 34.0. The summed E-state index contributed by atoms with van der Waals surface area (Å²) in [7, 11) is -3.69. The molecule has 4 amide bonds. The molecule has 3 rings (SSSR count). The van der Waals surface area contributed by atoms with Crippen LogP contribution in [0.25, 0.3) is 0 Å². The number of sulfonamides is 1. The molecule has 0 spiro atoms. The fourth-order valence-corrected chi connectivity index (χ4v) is 7.74. The van der Waals surface area contributed by atoms with Gasteiger partial charge in [0.2, 0.25) is 33.5 Å². The number of carbonyl (C=O) groups excluding carboxylic acids is 5. The number of likely N-dealkylation sites (tertiary alicyclic amines) is 1. The van der Waals surface area contributed by atoms with Gasteiger partial charge in [-0.2, -0.15) is 0 Å². The number of fused-ring (bicyclic) bond motifs is 1. The Labute approximate surface area is 249 Å². The van der Waals surface area contributed by atoms with Crippen LogP contribution in [-0.4, -0.2) is 79.7 Å². The third-order valence-electron chi connectivity index (χ3n) is 9.28. The minimum absolute atomic E-state index is 0.0130. The highest BCUT2D eigenvalue weighted by molar-refractivity contribution is 7.88. The zero-order valence-electron chi connectivity index (χ0n) is 25.8. The zero-order chi connectivity index (χ0) is 31.6. The molecule has 238 valence electrons. The Bertz CT molecular complexity index is 1160. The van der Waals surface area contributed by atoms with Crippen LogP contribution in [0.5, 0.6) is 0 Å². The van der Waals surface area contributed by atoms with Gasteiger partial charge in [-0.1, -0.05) is 60.3 Å². The lowest BCUT2D eigenvalue weighted by Crippen LogP contribution is -2.61. The fraction of sp³-hybridized carbons (Fsp3) is 0.828. The molecule has 1 aliphatic heterocycles. The van der Waals surface area contributed by atoms with E-state index in [0.717, 1.165) is 38.4 Å². The number of rotatable bonds is 14. The molecule has 3 fully saturated rings. The third kappa shape index (κ3) is 7.89. The Kier molecular flexibility index (Phi) is 10.8. The van der Waals surface area contributed by atoms with Crippen molar-refractivity contribution in [3.8, 4) is 0 Å². The number of hydrogen-bond donors (Lipinski definition) is 4. The Morgan fingerprint density at radius 3 is 2.14 bits per heavy atom. The van der Waals surface area contributed by atoms with Crippen LogP contribution in [0.1, 0.15) is 86.0 Å². The number of amides is 4. The second kappa shape index (κ2) is 13.4. The lowest BCUT2D eigenvalue weighted by molar-refractivity contribution is -0.146. The van der Waals surface area contributed by atoms with Gasteiger partial charge in [0.25, 0.3) is 5.91 Å². The van der Waals surface area contributed by atoms with E-state index in [9.17, 15) is 32.4 Å². The quantitative estimate of drug-likeness (QED) is 0.210. The highest BCUT2D eigenvalue weighted by Gasteiger charge is 2.69. The minimum atomic E-state index is -3.69. The van der Waals surface area contributed by atoms with E-state index in [0.29, 0.717) is 13.0 Å². The summed E-state index contributed by atoms with van der Waals surface area (Å²) in [5.41, 5.74) is 5.03. The molecule has 6 atom stereocenters. The molecule has 2 aliphatic carbocycles. The van der Waals surface area contributed by atoms with Gasteiger partial charge in [0.05, 0.1) is 12.3 Å². The lowest BCUT2D eigenvalue weighted by atomic mass is 9.82. The Morgan fingerprint density at radius 1 is 1.00 bits per heavy atom. The Morgan fingerprint density at radius 2 is 1.62 bits per heavy atom. The van der Waals surface area contributed by atoms with Crippen LogP contribution in [0.15, 0.2) is 0 Å². The third-order valence-corrected chi connectivity index (χ3v) is 9.99. The SMILES string of the molecule is CCCC(NC(=O)C1C2C(CN1C(=O)C(NC(=O)C(CC(C)C)NS(C)(=O)=O)C1CCCCC1)C2(C)C)C(=O)C(N)=O. The van der Waals surface area contributed by atoms with Crippen molar-refractivity contribution in [2.45, 2.75) is 110 Å². The first-order chi connectivity index (χ1) is 19.5. The van der Waals surface area contributed by atoms with Crippen LogP contribution < -0.4 is 21.1 Å². The van der Waals surface area contributed by atoms with Gasteiger partial charge in [-0.25, -0.2) is 13.1 Å². The van der Waals surface area contributed by atoms with Crippen molar-refractivity contribution in [3.63, 3.8) is 0 Å². The number of nitrogens with zero attached hydrogens (tertiary/aromatic N) is 1. The van der Waals surface area contributed by atoms with E-state index in [1.165, 1.54) is 4.90 Å². The molecule has 0 radical (unpaired) electrons. The number of primary amides is 1. The fourth-order valence-electron chi connectivity index (χ4n) is 7.02. The van der Waals surface area contributed by atoms with Gasteiger partial charge in [-0.05, 0) is 54.8 Å². The van der Waals surface area contributed by atoms with Gasteiger partial charge in [0.15, 0.2) is 0 Å². The summed E-state index contributed by atoms with van der Waals surface area (Å²) in [6.45, 7) is 9.98. The lowest BCUT2D eigenvalue weighted by Gasteiger charge is -2.37. The topological polar surface area (TPSA) is 185 Å². The number of hydrogen-bond acceptors (Lipinski definition) is 7. The second-order valence-corrected chi connectivity index (χ2v) is 15.2. The van der Waals surface area contributed by atoms with E-state index in [2.05, 4.69) is 15.4 Å². The molecule has 0 aromatic heterocycles. The number of nitrogens with one attached hydrogen (secondary N) is 3. The first-order valence-electron chi connectivity index (χ1n) is 15.2. The van der Waals surface area contributed by atoms with Gasteiger partial charge < -0.3 is 21.3 Å². The summed E-state index contributed by atoms with van der Waals surface area (Å²) in [6.07, 6.45) is 6.28. The maximum absolute atomic E-state index is 14.3. The predicted molar refractivity (Wildman–Crippen MR) is 157 cm³/mol. The molecule has 12 nitrogen and oxygen atoms in total.